The molecule has 0 bridgehead atoms. The van der Waals surface area contributed by atoms with Gasteiger partial charge >= 0.3 is 5.97 Å². The van der Waals surface area contributed by atoms with Crippen molar-refractivity contribution in [3.05, 3.63) is 29.3 Å². The number of carboxylic acids is 1. The number of aliphatic carboxylic acids is 1. The van der Waals surface area contributed by atoms with E-state index >= 15 is 0 Å². The van der Waals surface area contributed by atoms with Crippen molar-refractivity contribution >= 4 is 23.5 Å². The number of rotatable bonds is 7. The Morgan fingerprint density at radius 2 is 2.00 bits per heavy atom. The number of hydrogen-bond donors (Lipinski definition) is 1. The molecule has 0 heterocycles. The second kappa shape index (κ2) is 7.21. The molecular formula is C14H18O3S. The van der Waals surface area contributed by atoms with E-state index in [1.54, 1.807) is 11.8 Å². The van der Waals surface area contributed by atoms with Gasteiger partial charge in [0.1, 0.15) is 0 Å². The summed E-state index contributed by atoms with van der Waals surface area (Å²) in [6.07, 6.45) is 1.00. The minimum Gasteiger partial charge on any atom is -0.481 e. The first-order valence-electron chi connectivity index (χ1n) is 6.03. The summed E-state index contributed by atoms with van der Waals surface area (Å²) >= 11 is 1.65. The van der Waals surface area contributed by atoms with Crippen LogP contribution in [0.4, 0.5) is 0 Å². The summed E-state index contributed by atoms with van der Waals surface area (Å²) < 4.78 is 0. The first-order chi connectivity index (χ1) is 8.54. The first-order valence-corrected chi connectivity index (χ1v) is 7.01. The van der Waals surface area contributed by atoms with Gasteiger partial charge in [-0.3, -0.25) is 9.59 Å². The number of carbonyl (C=O) groups is 2. The molecule has 98 valence electrons. The lowest BCUT2D eigenvalue weighted by Gasteiger charge is -2.08. The Labute approximate surface area is 112 Å². The number of hydrogen-bond acceptors (Lipinski definition) is 3. The largest absolute Gasteiger partial charge is 0.481 e. The van der Waals surface area contributed by atoms with E-state index in [1.807, 2.05) is 25.1 Å². The Bertz CT molecular complexity index is 441. The van der Waals surface area contributed by atoms with Crippen molar-refractivity contribution < 1.29 is 14.7 Å². The topological polar surface area (TPSA) is 54.4 Å². The third kappa shape index (κ3) is 4.53. The lowest BCUT2D eigenvalue weighted by molar-refractivity contribution is -0.136. The maximum atomic E-state index is 12.0. The Morgan fingerprint density at radius 3 is 2.61 bits per heavy atom. The maximum Gasteiger partial charge on any atom is 0.303 e. The third-order valence-electron chi connectivity index (χ3n) is 2.46. The number of aryl methyl sites for hydroxylation is 1. The van der Waals surface area contributed by atoms with Gasteiger partial charge in [0.05, 0.1) is 6.42 Å². The predicted molar refractivity (Wildman–Crippen MR) is 73.4 cm³/mol. The van der Waals surface area contributed by atoms with Gasteiger partial charge in [-0.2, -0.15) is 0 Å². The number of carboxylic acid groups (broad SMARTS) is 1. The molecule has 0 unspecified atom stereocenters. The molecule has 18 heavy (non-hydrogen) atoms. The van der Waals surface area contributed by atoms with Crippen LogP contribution in [0.25, 0.3) is 0 Å². The molecule has 0 aliphatic heterocycles. The summed E-state index contributed by atoms with van der Waals surface area (Å²) in [5, 5.41) is 8.62. The number of benzene rings is 1. The van der Waals surface area contributed by atoms with Gasteiger partial charge in [0.2, 0.25) is 0 Å². The number of thioether (sulfide) groups is 1. The highest BCUT2D eigenvalue weighted by atomic mass is 32.2. The molecule has 1 rings (SSSR count). The fraction of sp³-hybridized carbons (Fsp3) is 0.429. The Balaban J connectivity index is 2.86. The summed E-state index contributed by atoms with van der Waals surface area (Å²) in [6.45, 7) is 4.02. The smallest absolute Gasteiger partial charge is 0.303 e. The number of ketones is 1. The van der Waals surface area contributed by atoms with Crippen molar-refractivity contribution in [1.29, 1.82) is 0 Å². The lowest BCUT2D eigenvalue weighted by atomic mass is 10.0. The van der Waals surface area contributed by atoms with Crippen LogP contribution in [0.1, 0.15) is 42.1 Å². The summed E-state index contributed by atoms with van der Waals surface area (Å²) in [6, 6.07) is 5.78. The highest BCUT2D eigenvalue weighted by Gasteiger charge is 2.13. The molecule has 0 spiro atoms. The molecule has 1 N–H and O–H groups in total. The van der Waals surface area contributed by atoms with Crippen LogP contribution >= 0.6 is 11.8 Å². The SMILES string of the molecule is CCCSc1ccc(C)cc1C(=O)CCC(=O)O. The van der Waals surface area contributed by atoms with E-state index < -0.39 is 5.97 Å². The van der Waals surface area contributed by atoms with E-state index in [9.17, 15) is 9.59 Å². The number of carbonyl (C=O) groups excluding carboxylic acids is 1. The Kier molecular flexibility index (Phi) is 5.92. The van der Waals surface area contributed by atoms with Crippen LogP contribution in [0.5, 0.6) is 0 Å². The molecule has 1 aromatic carbocycles. The van der Waals surface area contributed by atoms with Gasteiger partial charge in [-0.25, -0.2) is 0 Å². The molecule has 0 aromatic heterocycles. The van der Waals surface area contributed by atoms with Gasteiger partial charge in [0.15, 0.2) is 5.78 Å². The minimum absolute atomic E-state index is 0.0679. The summed E-state index contributed by atoms with van der Waals surface area (Å²) in [4.78, 5) is 23.5. The zero-order chi connectivity index (χ0) is 13.5. The van der Waals surface area contributed by atoms with Crippen molar-refractivity contribution in [3.63, 3.8) is 0 Å². The van der Waals surface area contributed by atoms with Gasteiger partial charge < -0.3 is 5.11 Å². The van der Waals surface area contributed by atoms with E-state index in [4.69, 9.17) is 5.11 Å². The average molecular weight is 266 g/mol. The van der Waals surface area contributed by atoms with Gasteiger partial charge in [-0.15, -0.1) is 11.8 Å². The van der Waals surface area contributed by atoms with Crippen LogP contribution in [-0.4, -0.2) is 22.6 Å². The fourth-order valence-corrected chi connectivity index (χ4v) is 2.47. The van der Waals surface area contributed by atoms with Crippen LogP contribution in [0.2, 0.25) is 0 Å². The second-order valence-corrected chi connectivity index (χ2v) is 5.30. The van der Waals surface area contributed by atoms with Crippen LogP contribution in [0.3, 0.4) is 0 Å². The predicted octanol–water partition coefficient (Wildman–Crippen LogP) is 3.54. The molecule has 0 amide bonds. The highest BCUT2D eigenvalue weighted by Crippen LogP contribution is 2.25. The van der Waals surface area contributed by atoms with E-state index in [-0.39, 0.29) is 18.6 Å². The maximum absolute atomic E-state index is 12.0. The molecule has 1 aromatic rings. The second-order valence-electron chi connectivity index (χ2n) is 4.16. The van der Waals surface area contributed by atoms with E-state index in [2.05, 4.69) is 6.92 Å². The molecular weight excluding hydrogens is 248 g/mol. The Hall–Kier alpha value is -1.29. The van der Waals surface area contributed by atoms with Gasteiger partial charge in [-0.05, 0) is 31.2 Å². The van der Waals surface area contributed by atoms with Gasteiger partial charge in [0, 0.05) is 16.9 Å². The quantitative estimate of drug-likeness (QED) is 0.605. The molecule has 0 radical (unpaired) electrons. The molecule has 3 nitrogen and oxygen atoms in total. The van der Waals surface area contributed by atoms with Crippen molar-refractivity contribution in [3.8, 4) is 0 Å². The van der Waals surface area contributed by atoms with Crippen molar-refractivity contribution in [2.45, 2.75) is 38.0 Å². The summed E-state index contributed by atoms with van der Waals surface area (Å²) in [7, 11) is 0. The standard InChI is InChI=1S/C14H18O3S/c1-3-8-18-13-6-4-10(2)9-11(13)12(15)5-7-14(16)17/h4,6,9H,3,5,7-8H2,1-2H3,(H,16,17). The van der Waals surface area contributed by atoms with Crippen LogP contribution in [0, 0.1) is 6.92 Å². The summed E-state index contributed by atoms with van der Waals surface area (Å²) in [5.41, 5.74) is 1.68. The third-order valence-corrected chi connectivity index (χ3v) is 3.74. The number of Topliss-reactive ketones (excluding diaryl/α,β-unsaturated/α-hetero) is 1. The molecule has 0 fully saturated rings. The molecule has 0 saturated carbocycles. The van der Waals surface area contributed by atoms with Crippen LogP contribution < -0.4 is 0 Å². The minimum atomic E-state index is -0.932. The normalized spacial score (nSPS) is 10.3. The van der Waals surface area contributed by atoms with Crippen molar-refractivity contribution in [2.75, 3.05) is 5.75 Å². The van der Waals surface area contributed by atoms with Crippen LogP contribution in [0.15, 0.2) is 23.1 Å². The monoisotopic (exact) mass is 266 g/mol. The molecule has 0 aliphatic rings. The van der Waals surface area contributed by atoms with E-state index in [0.717, 1.165) is 22.6 Å². The zero-order valence-corrected chi connectivity index (χ0v) is 11.5. The van der Waals surface area contributed by atoms with Gasteiger partial charge in [-0.1, -0.05) is 18.6 Å². The molecule has 4 heteroatoms. The van der Waals surface area contributed by atoms with Crippen LogP contribution in [-0.2, 0) is 4.79 Å². The molecule has 0 aliphatic carbocycles. The zero-order valence-electron chi connectivity index (χ0n) is 10.7. The van der Waals surface area contributed by atoms with E-state index in [1.165, 1.54) is 0 Å². The van der Waals surface area contributed by atoms with E-state index in [0.29, 0.717) is 5.56 Å². The van der Waals surface area contributed by atoms with Gasteiger partial charge in [0.25, 0.3) is 0 Å². The highest BCUT2D eigenvalue weighted by molar-refractivity contribution is 7.99. The molecule has 0 saturated heterocycles. The summed E-state index contributed by atoms with van der Waals surface area (Å²) in [5.74, 6) is -0.0547. The average Bonchev–Trinajstić information content (AvgIpc) is 2.34. The van der Waals surface area contributed by atoms with Crippen molar-refractivity contribution in [1.82, 2.24) is 0 Å². The van der Waals surface area contributed by atoms with Crippen molar-refractivity contribution in [2.24, 2.45) is 0 Å². The Morgan fingerprint density at radius 1 is 1.28 bits per heavy atom. The lowest BCUT2D eigenvalue weighted by Crippen LogP contribution is -2.05. The molecule has 0 atom stereocenters. The first kappa shape index (κ1) is 14.8. The fourth-order valence-electron chi connectivity index (χ4n) is 1.55.